The Kier molecular flexibility index (Phi) is 7.22. The van der Waals surface area contributed by atoms with Crippen LogP contribution in [-0.2, 0) is 6.54 Å². The molecule has 0 fully saturated rings. The lowest BCUT2D eigenvalue weighted by Crippen LogP contribution is -2.32. The second-order valence-electron chi connectivity index (χ2n) is 4.57. The van der Waals surface area contributed by atoms with E-state index < -0.39 is 11.0 Å². The van der Waals surface area contributed by atoms with Crippen LogP contribution in [0.4, 0.5) is 5.69 Å². The van der Waals surface area contributed by atoms with Crippen LogP contribution >= 0.6 is 11.8 Å². The second kappa shape index (κ2) is 8.67. The Morgan fingerprint density at radius 2 is 2.33 bits per heavy atom. The summed E-state index contributed by atoms with van der Waals surface area (Å²) in [7, 11) is 0. The number of nitro groups is 1. The predicted molar refractivity (Wildman–Crippen MR) is 83.4 cm³/mol. The van der Waals surface area contributed by atoms with E-state index in [2.05, 4.69) is 16.3 Å². The Labute approximate surface area is 128 Å². The van der Waals surface area contributed by atoms with E-state index in [1.54, 1.807) is 25.6 Å². The minimum Gasteiger partial charge on any atom is -0.390 e. The molecule has 1 aromatic rings. The lowest BCUT2D eigenvalue weighted by molar-refractivity contribution is -0.386. The average molecular weight is 312 g/mol. The van der Waals surface area contributed by atoms with Crippen molar-refractivity contribution in [3.05, 3.63) is 21.5 Å². The quantitative estimate of drug-likeness (QED) is 0.302. The van der Waals surface area contributed by atoms with Crippen molar-refractivity contribution in [1.82, 2.24) is 15.1 Å². The maximum atomic E-state index is 10.9. The molecule has 0 aliphatic rings. The van der Waals surface area contributed by atoms with E-state index in [0.717, 1.165) is 12.3 Å². The van der Waals surface area contributed by atoms with Gasteiger partial charge in [-0.25, -0.2) is 0 Å². The van der Waals surface area contributed by atoms with Crippen molar-refractivity contribution in [2.45, 2.75) is 26.5 Å². The van der Waals surface area contributed by atoms with Gasteiger partial charge in [0.15, 0.2) is 0 Å². The van der Waals surface area contributed by atoms with E-state index in [1.807, 2.05) is 0 Å². The number of nitrogens with one attached hydrogen (secondary N) is 1. The van der Waals surface area contributed by atoms with Crippen LogP contribution in [0.15, 0.2) is 0 Å². The molecule has 0 spiro atoms. The standard InChI is InChI=1S/C13H20N4O3S/c1-4-6-21-7-5-14-8-12(18)9-16-11(3)13(17(19)20)10(2)15-16/h1,12,14,18H,5-9H2,2-3H3. The number of hydrogen-bond donors (Lipinski definition) is 2. The van der Waals surface area contributed by atoms with Gasteiger partial charge in [-0.05, 0) is 13.8 Å². The Morgan fingerprint density at radius 1 is 1.62 bits per heavy atom. The highest BCUT2D eigenvalue weighted by atomic mass is 32.2. The number of nitrogens with zero attached hydrogens (tertiary/aromatic N) is 3. The van der Waals surface area contributed by atoms with Crippen molar-refractivity contribution in [3.8, 4) is 12.3 Å². The molecule has 0 aliphatic heterocycles. The van der Waals surface area contributed by atoms with Crippen LogP contribution in [0.3, 0.4) is 0 Å². The summed E-state index contributed by atoms with van der Waals surface area (Å²) in [5, 5.41) is 28.1. The number of aromatic nitrogens is 2. The molecule has 1 atom stereocenters. The molecule has 7 nitrogen and oxygen atoms in total. The molecule has 2 N–H and O–H groups in total. The molecule has 0 saturated carbocycles. The Hall–Kier alpha value is -1.56. The third kappa shape index (κ3) is 5.38. The molecular weight excluding hydrogens is 292 g/mol. The second-order valence-corrected chi connectivity index (χ2v) is 5.68. The summed E-state index contributed by atoms with van der Waals surface area (Å²) < 4.78 is 1.48. The van der Waals surface area contributed by atoms with Crippen LogP contribution < -0.4 is 5.32 Å². The van der Waals surface area contributed by atoms with Crippen LogP contribution in [0.2, 0.25) is 0 Å². The third-order valence-electron chi connectivity index (χ3n) is 2.90. The highest BCUT2D eigenvalue weighted by molar-refractivity contribution is 7.99. The molecule has 0 radical (unpaired) electrons. The Balaban J connectivity index is 2.42. The molecule has 0 amide bonds. The molecule has 1 aromatic heterocycles. The Bertz CT molecular complexity index is 524. The maximum absolute atomic E-state index is 10.9. The van der Waals surface area contributed by atoms with E-state index in [9.17, 15) is 15.2 Å². The molecule has 0 bridgehead atoms. The zero-order valence-corrected chi connectivity index (χ0v) is 13.0. The first-order valence-electron chi connectivity index (χ1n) is 6.55. The first-order valence-corrected chi connectivity index (χ1v) is 7.71. The highest BCUT2D eigenvalue weighted by Crippen LogP contribution is 2.21. The highest BCUT2D eigenvalue weighted by Gasteiger charge is 2.22. The van der Waals surface area contributed by atoms with Crippen molar-refractivity contribution < 1.29 is 10.0 Å². The fourth-order valence-electron chi connectivity index (χ4n) is 1.94. The molecule has 1 rings (SSSR count). The van der Waals surface area contributed by atoms with Gasteiger partial charge in [-0.3, -0.25) is 14.8 Å². The SMILES string of the molecule is C#CCSCCNCC(O)Cn1nc(C)c([N+](=O)[O-])c1C. The normalized spacial score (nSPS) is 12.1. The van der Waals surface area contributed by atoms with Gasteiger partial charge in [0.2, 0.25) is 0 Å². The molecule has 21 heavy (non-hydrogen) atoms. The summed E-state index contributed by atoms with van der Waals surface area (Å²) in [4.78, 5) is 10.5. The summed E-state index contributed by atoms with van der Waals surface area (Å²) in [6, 6.07) is 0. The monoisotopic (exact) mass is 312 g/mol. The Morgan fingerprint density at radius 3 is 2.90 bits per heavy atom. The van der Waals surface area contributed by atoms with Crippen LogP contribution in [0.1, 0.15) is 11.4 Å². The molecule has 116 valence electrons. The van der Waals surface area contributed by atoms with Gasteiger partial charge in [0.05, 0.1) is 23.3 Å². The van der Waals surface area contributed by atoms with Gasteiger partial charge in [-0.2, -0.15) is 5.10 Å². The molecule has 0 aromatic carbocycles. The van der Waals surface area contributed by atoms with Gasteiger partial charge in [0, 0.05) is 18.8 Å². The number of thioether (sulfide) groups is 1. The van der Waals surface area contributed by atoms with Crippen LogP contribution in [0.25, 0.3) is 0 Å². The minimum absolute atomic E-state index is 0.0147. The fourth-order valence-corrected chi connectivity index (χ4v) is 2.49. The number of aliphatic hydroxyl groups is 1. The maximum Gasteiger partial charge on any atom is 0.312 e. The number of rotatable bonds is 9. The van der Waals surface area contributed by atoms with Gasteiger partial charge >= 0.3 is 5.69 Å². The zero-order valence-electron chi connectivity index (χ0n) is 12.2. The van der Waals surface area contributed by atoms with Gasteiger partial charge < -0.3 is 10.4 Å². The molecule has 1 unspecified atom stereocenters. The predicted octanol–water partition coefficient (Wildman–Crippen LogP) is 0.725. The minimum atomic E-state index is -0.653. The van der Waals surface area contributed by atoms with Crippen molar-refractivity contribution in [1.29, 1.82) is 0 Å². The molecule has 0 aliphatic carbocycles. The van der Waals surface area contributed by atoms with Crippen LogP contribution in [0, 0.1) is 36.3 Å². The molecular formula is C13H20N4O3S. The van der Waals surface area contributed by atoms with E-state index >= 15 is 0 Å². The molecule has 0 saturated heterocycles. The van der Waals surface area contributed by atoms with E-state index in [-0.39, 0.29) is 12.2 Å². The summed E-state index contributed by atoms with van der Waals surface area (Å²) in [5.74, 6) is 4.10. The summed E-state index contributed by atoms with van der Waals surface area (Å²) in [6.07, 6.45) is 4.49. The largest absolute Gasteiger partial charge is 0.390 e. The zero-order chi connectivity index (χ0) is 15.8. The first-order chi connectivity index (χ1) is 9.97. The van der Waals surface area contributed by atoms with Gasteiger partial charge in [0.1, 0.15) is 11.4 Å². The van der Waals surface area contributed by atoms with Crippen LogP contribution in [0.5, 0.6) is 0 Å². The number of aryl methyl sites for hydroxylation is 1. The topological polar surface area (TPSA) is 93.2 Å². The third-order valence-corrected chi connectivity index (χ3v) is 3.76. The molecule has 1 heterocycles. The van der Waals surface area contributed by atoms with Crippen molar-refractivity contribution >= 4 is 17.4 Å². The summed E-state index contributed by atoms with van der Waals surface area (Å²) in [5.41, 5.74) is 0.838. The average Bonchev–Trinajstić information content (AvgIpc) is 2.68. The van der Waals surface area contributed by atoms with Gasteiger partial charge in [0.25, 0.3) is 0 Å². The lowest BCUT2D eigenvalue weighted by atomic mass is 10.3. The van der Waals surface area contributed by atoms with Gasteiger partial charge in [-0.1, -0.05) is 5.92 Å². The number of terminal acetylenes is 1. The van der Waals surface area contributed by atoms with Crippen molar-refractivity contribution in [2.75, 3.05) is 24.6 Å². The van der Waals surface area contributed by atoms with Crippen molar-refractivity contribution in [3.63, 3.8) is 0 Å². The number of aliphatic hydroxyl groups excluding tert-OH is 1. The van der Waals surface area contributed by atoms with E-state index in [4.69, 9.17) is 6.42 Å². The van der Waals surface area contributed by atoms with Crippen LogP contribution in [-0.4, -0.2) is 50.5 Å². The van der Waals surface area contributed by atoms with E-state index in [0.29, 0.717) is 23.7 Å². The smallest absolute Gasteiger partial charge is 0.312 e. The lowest BCUT2D eigenvalue weighted by Gasteiger charge is -2.12. The first kappa shape index (κ1) is 17.5. The summed E-state index contributed by atoms with van der Waals surface area (Å²) in [6.45, 7) is 4.61. The fraction of sp³-hybridized carbons (Fsp3) is 0.615. The molecule has 8 heteroatoms. The number of hydrogen-bond acceptors (Lipinski definition) is 6. The van der Waals surface area contributed by atoms with Gasteiger partial charge in [-0.15, -0.1) is 18.2 Å². The van der Waals surface area contributed by atoms with Crippen molar-refractivity contribution in [2.24, 2.45) is 0 Å². The summed E-state index contributed by atoms with van der Waals surface area (Å²) >= 11 is 1.65. The van der Waals surface area contributed by atoms with E-state index in [1.165, 1.54) is 4.68 Å².